The van der Waals surface area contributed by atoms with Crippen LogP contribution in [0, 0.1) is 5.92 Å². The first-order valence-electron chi connectivity index (χ1n) is 8.55. The van der Waals surface area contributed by atoms with E-state index in [1.807, 2.05) is 51.1 Å². The Morgan fingerprint density at radius 3 is 2.04 bits per heavy atom. The summed E-state index contributed by atoms with van der Waals surface area (Å²) in [6.45, 7) is 5.81. The van der Waals surface area contributed by atoms with Gasteiger partial charge in [0.2, 0.25) is 11.8 Å². The van der Waals surface area contributed by atoms with Gasteiger partial charge in [-0.1, -0.05) is 44.2 Å². The molecule has 0 aliphatic rings. The van der Waals surface area contributed by atoms with Crippen LogP contribution in [-0.4, -0.2) is 30.9 Å². The molecule has 0 bridgehead atoms. The van der Waals surface area contributed by atoms with Crippen molar-refractivity contribution in [1.29, 1.82) is 0 Å². The average molecular weight is 348 g/mol. The third-order valence-electron chi connectivity index (χ3n) is 3.78. The van der Waals surface area contributed by atoms with Gasteiger partial charge in [0.25, 0.3) is 0 Å². The van der Waals surface area contributed by atoms with Gasteiger partial charge in [0, 0.05) is 12.8 Å². The molecule has 138 valence electrons. The summed E-state index contributed by atoms with van der Waals surface area (Å²) in [7, 11) is 1.29. The lowest BCUT2D eigenvalue weighted by Gasteiger charge is -2.18. The number of hydrogen-bond acceptors (Lipinski definition) is 4. The molecule has 2 N–H and O–H groups in total. The molecular weight excluding hydrogens is 320 g/mol. The molecule has 1 aromatic carbocycles. The highest BCUT2D eigenvalue weighted by molar-refractivity contribution is 5.87. The number of hydrogen-bond donors (Lipinski definition) is 2. The molecule has 1 aromatic rings. The molecule has 0 aliphatic heterocycles. The van der Waals surface area contributed by atoms with Crippen LogP contribution in [0.2, 0.25) is 0 Å². The molecule has 1 rings (SSSR count). The molecule has 6 nitrogen and oxygen atoms in total. The minimum Gasteiger partial charge on any atom is -0.467 e. The summed E-state index contributed by atoms with van der Waals surface area (Å²) in [6, 6.07) is 8.80. The molecule has 0 saturated heterocycles. The number of esters is 1. The van der Waals surface area contributed by atoms with E-state index < -0.39 is 12.0 Å². The Balaban J connectivity index is 2.43. The fraction of sp³-hybridized carbons (Fsp3) is 0.526. The highest BCUT2D eigenvalue weighted by Gasteiger charge is 2.22. The Morgan fingerprint density at radius 1 is 0.960 bits per heavy atom. The zero-order valence-corrected chi connectivity index (χ0v) is 15.4. The van der Waals surface area contributed by atoms with E-state index in [-0.39, 0.29) is 36.6 Å². The van der Waals surface area contributed by atoms with Crippen LogP contribution in [-0.2, 0) is 19.1 Å². The zero-order chi connectivity index (χ0) is 18.8. The molecule has 0 unspecified atom stereocenters. The van der Waals surface area contributed by atoms with E-state index in [2.05, 4.69) is 10.6 Å². The lowest BCUT2D eigenvalue weighted by molar-refractivity contribution is -0.145. The van der Waals surface area contributed by atoms with Crippen molar-refractivity contribution >= 4 is 17.8 Å². The normalized spacial score (nSPS) is 13.0. The summed E-state index contributed by atoms with van der Waals surface area (Å²) in [5, 5.41) is 5.51. The average Bonchev–Trinajstić information content (AvgIpc) is 2.59. The van der Waals surface area contributed by atoms with Crippen molar-refractivity contribution < 1.29 is 19.1 Å². The maximum Gasteiger partial charge on any atom is 0.328 e. The summed E-state index contributed by atoms with van der Waals surface area (Å²) in [4.78, 5) is 35.7. The Kier molecular flexibility index (Phi) is 8.67. The summed E-state index contributed by atoms with van der Waals surface area (Å²) in [5.74, 6) is -0.771. The summed E-state index contributed by atoms with van der Waals surface area (Å²) >= 11 is 0. The first-order chi connectivity index (χ1) is 11.8. The minimum absolute atomic E-state index is 0.0267. The molecule has 0 aromatic heterocycles. The number of nitrogens with one attached hydrogen (secondary N) is 2. The molecule has 0 fully saturated rings. The van der Waals surface area contributed by atoms with Gasteiger partial charge in [-0.15, -0.1) is 0 Å². The topological polar surface area (TPSA) is 84.5 Å². The first kappa shape index (κ1) is 20.7. The molecule has 6 heteroatoms. The van der Waals surface area contributed by atoms with E-state index in [1.54, 1.807) is 0 Å². The number of benzene rings is 1. The van der Waals surface area contributed by atoms with Crippen LogP contribution in [0.1, 0.15) is 51.6 Å². The molecule has 0 aliphatic carbocycles. The number of carbonyl (C=O) groups is 3. The Hall–Kier alpha value is -2.37. The summed E-state index contributed by atoms with van der Waals surface area (Å²) < 4.78 is 4.71. The molecule has 0 heterocycles. The fourth-order valence-electron chi connectivity index (χ4n) is 2.46. The van der Waals surface area contributed by atoms with E-state index in [9.17, 15) is 14.4 Å². The van der Waals surface area contributed by atoms with Gasteiger partial charge in [-0.3, -0.25) is 9.59 Å². The summed E-state index contributed by atoms with van der Waals surface area (Å²) in [5.41, 5.74) is 1.00. The van der Waals surface area contributed by atoms with Crippen LogP contribution in [0.3, 0.4) is 0 Å². The van der Waals surface area contributed by atoms with E-state index in [4.69, 9.17) is 4.74 Å². The molecule has 0 spiro atoms. The molecule has 2 atom stereocenters. The number of methoxy groups -OCH3 is 1. The molecule has 0 radical (unpaired) electrons. The maximum atomic E-state index is 12.0. The van der Waals surface area contributed by atoms with Crippen molar-refractivity contribution in [1.82, 2.24) is 10.6 Å². The Morgan fingerprint density at radius 2 is 1.52 bits per heavy atom. The van der Waals surface area contributed by atoms with Crippen LogP contribution >= 0.6 is 0 Å². The third-order valence-corrected chi connectivity index (χ3v) is 3.78. The van der Waals surface area contributed by atoms with Gasteiger partial charge in [0.05, 0.1) is 13.2 Å². The van der Waals surface area contributed by atoms with Crippen molar-refractivity contribution in [3.05, 3.63) is 35.9 Å². The van der Waals surface area contributed by atoms with Gasteiger partial charge in [-0.05, 0) is 24.8 Å². The van der Waals surface area contributed by atoms with Crippen molar-refractivity contribution in [3.8, 4) is 0 Å². The highest BCUT2D eigenvalue weighted by atomic mass is 16.5. The SMILES string of the molecule is COC(=O)[C@H](CC(C)C)NC(=O)CCC(=O)N[C@H](C)c1ccccc1. The fourth-order valence-corrected chi connectivity index (χ4v) is 2.46. The molecular formula is C19H28N2O4. The van der Waals surface area contributed by atoms with Crippen molar-refractivity contribution in [2.45, 2.75) is 52.1 Å². The quantitative estimate of drug-likeness (QED) is 0.671. The van der Waals surface area contributed by atoms with Crippen LogP contribution in [0.15, 0.2) is 30.3 Å². The van der Waals surface area contributed by atoms with E-state index >= 15 is 0 Å². The van der Waals surface area contributed by atoms with Gasteiger partial charge in [-0.2, -0.15) is 0 Å². The second kappa shape index (κ2) is 10.5. The highest BCUT2D eigenvalue weighted by Crippen LogP contribution is 2.11. The molecule has 2 amide bonds. The second-order valence-corrected chi connectivity index (χ2v) is 6.47. The predicted molar refractivity (Wildman–Crippen MR) is 95.6 cm³/mol. The van der Waals surface area contributed by atoms with Gasteiger partial charge >= 0.3 is 5.97 Å². The van der Waals surface area contributed by atoms with Gasteiger partial charge in [-0.25, -0.2) is 4.79 Å². The minimum atomic E-state index is -0.677. The largest absolute Gasteiger partial charge is 0.467 e. The lowest BCUT2D eigenvalue weighted by Crippen LogP contribution is -2.42. The van der Waals surface area contributed by atoms with Gasteiger partial charge in [0.15, 0.2) is 0 Å². The number of carbonyl (C=O) groups excluding carboxylic acids is 3. The van der Waals surface area contributed by atoms with Gasteiger partial charge < -0.3 is 15.4 Å². The van der Waals surface area contributed by atoms with Crippen molar-refractivity contribution in [2.24, 2.45) is 5.92 Å². The monoisotopic (exact) mass is 348 g/mol. The third kappa shape index (κ3) is 7.83. The van der Waals surface area contributed by atoms with E-state index in [0.717, 1.165) is 5.56 Å². The smallest absolute Gasteiger partial charge is 0.328 e. The summed E-state index contributed by atoms with van der Waals surface area (Å²) in [6.07, 6.45) is 0.590. The molecule has 25 heavy (non-hydrogen) atoms. The second-order valence-electron chi connectivity index (χ2n) is 6.47. The van der Waals surface area contributed by atoms with E-state index in [1.165, 1.54) is 7.11 Å². The number of rotatable bonds is 9. The van der Waals surface area contributed by atoms with Crippen LogP contribution in [0.4, 0.5) is 0 Å². The Labute approximate surface area is 149 Å². The predicted octanol–water partition coefficient (Wildman–Crippen LogP) is 2.35. The van der Waals surface area contributed by atoms with Gasteiger partial charge in [0.1, 0.15) is 6.04 Å². The van der Waals surface area contributed by atoms with Crippen LogP contribution in [0.5, 0.6) is 0 Å². The van der Waals surface area contributed by atoms with Crippen molar-refractivity contribution in [2.75, 3.05) is 7.11 Å². The zero-order valence-electron chi connectivity index (χ0n) is 15.4. The lowest BCUT2D eigenvalue weighted by atomic mass is 10.0. The number of ether oxygens (including phenoxy) is 1. The number of amides is 2. The standard InChI is InChI=1S/C19H28N2O4/c1-13(2)12-16(19(24)25-4)21-18(23)11-10-17(22)20-14(3)15-8-6-5-7-9-15/h5-9,13-14,16H,10-12H2,1-4H3,(H,20,22)(H,21,23)/t14-,16+/m1/s1. The van der Waals surface area contributed by atoms with Crippen molar-refractivity contribution in [3.63, 3.8) is 0 Å². The maximum absolute atomic E-state index is 12.0. The van der Waals surface area contributed by atoms with E-state index in [0.29, 0.717) is 6.42 Å². The van der Waals surface area contributed by atoms with Crippen LogP contribution in [0.25, 0.3) is 0 Å². The Bertz CT molecular complexity index is 572. The van der Waals surface area contributed by atoms with Crippen LogP contribution < -0.4 is 10.6 Å². The first-order valence-corrected chi connectivity index (χ1v) is 8.55. The molecule has 0 saturated carbocycles.